The third-order valence-corrected chi connectivity index (χ3v) is 3.24. The van der Waals surface area contributed by atoms with Gasteiger partial charge in [0.05, 0.1) is 0 Å². The fraction of sp³-hybridized carbons (Fsp3) is 0.400. The normalized spacial score (nSPS) is 12.8. The lowest BCUT2D eigenvalue weighted by molar-refractivity contribution is 0.626. The minimum absolute atomic E-state index is 0.190. The molecule has 0 aliphatic carbocycles. The first-order valence-electron chi connectivity index (χ1n) is 4.38. The average molecular weight is 199 g/mol. The van der Waals surface area contributed by atoms with Crippen molar-refractivity contribution < 1.29 is 4.39 Å². The van der Waals surface area contributed by atoms with Crippen LogP contribution in [0.25, 0.3) is 0 Å². The number of halogens is 1. The first kappa shape index (κ1) is 10.5. The molecule has 1 unspecified atom stereocenters. The quantitative estimate of drug-likeness (QED) is 0.754. The van der Waals surface area contributed by atoms with Gasteiger partial charge in [0.25, 0.3) is 0 Å². The summed E-state index contributed by atoms with van der Waals surface area (Å²) in [5, 5.41) is 0.436. The largest absolute Gasteiger partial charge is 0.329 e. The molecule has 0 saturated carbocycles. The summed E-state index contributed by atoms with van der Waals surface area (Å²) in [6, 6.07) is 6.54. The number of rotatable bonds is 4. The number of thioether (sulfide) groups is 1. The van der Waals surface area contributed by atoms with Gasteiger partial charge in [0.2, 0.25) is 0 Å². The van der Waals surface area contributed by atoms with Crippen LogP contribution in [0.4, 0.5) is 4.39 Å². The number of nitrogens with two attached hydrogens (primary N) is 1. The fourth-order valence-corrected chi connectivity index (χ4v) is 1.94. The molecule has 1 rings (SSSR count). The lowest BCUT2D eigenvalue weighted by Gasteiger charge is -2.10. The first-order chi connectivity index (χ1) is 6.26. The third-order valence-electron chi connectivity index (χ3n) is 1.83. The molecule has 0 aliphatic rings. The van der Waals surface area contributed by atoms with E-state index in [1.807, 2.05) is 0 Å². The zero-order valence-corrected chi connectivity index (χ0v) is 8.48. The van der Waals surface area contributed by atoms with E-state index in [1.165, 1.54) is 12.1 Å². The molecule has 0 fully saturated rings. The molecule has 1 nitrogen and oxygen atoms in total. The van der Waals surface area contributed by atoms with Gasteiger partial charge in [-0.1, -0.05) is 6.92 Å². The van der Waals surface area contributed by atoms with Crippen LogP contribution in [-0.2, 0) is 0 Å². The van der Waals surface area contributed by atoms with E-state index in [9.17, 15) is 4.39 Å². The molecule has 0 saturated heterocycles. The zero-order chi connectivity index (χ0) is 9.68. The molecule has 0 aromatic heterocycles. The number of hydrogen-bond donors (Lipinski definition) is 1. The molecule has 1 aromatic carbocycles. The lowest BCUT2D eigenvalue weighted by Crippen LogP contribution is -2.15. The van der Waals surface area contributed by atoms with Crippen molar-refractivity contribution in [1.29, 1.82) is 0 Å². The summed E-state index contributed by atoms with van der Waals surface area (Å²) in [6.07, 6.45) is 1.04. The van der Waals surface area contributed by atoms with E-state index in [-0.39, 0.29) is 5.82 Å². The Labute approximate surface area is 82.5 Å². The molecule has 1 atom stereocenters. The van der Waals surface area contributed by atoms with Gasteiger partial charge in [-0.2, -0.15) is 0 Å². The Hall–Kier alpha value is -0.540. The first-order valence-corrected chi connectivity index (χ1v) is 5.26. The van der Waals surface area contributed by atoms with Gasteiger partial charge >= 0.3 is 0 Å². The van der Waals surface area contributed by atoms with Gasteiger partial charge in [0.15, 0.2) is 0 Å². The predicted molar refractivity (Wildman–Crippen MR) is 55.4 cm³/mol. The van der Waals surface area contributed by atoms with Gasteiger partial charge in [-0.25, -0.2) is 4.39 Å². The number of hydrogen-bond acceptors (Lipinski definition) is 2. The standard InChI is InChI=1S/C10H14FNS/c1-2-9(7-12)13-10-5-3-8(11)4-6-10/h3-6,9H,2,7,12H2,1H3. The Balaban J connectivity index is 2.58. The van der Waals surface area contributed by atoms with E-state index in [1.54, 1.807) is 23.9 Å². The molecular formula is C10H14FNS. The van der Waals surface area contributed by atoms with Gasteiger partial charge in [-0.05, 0) is 30.7 Å². The molecular weight excluding hydrogens is 185 g/mol. The smallest absolute Gasteiger partial charge is 0.123 e. The fourth-order valence-electron chi connectivity index (χ4n) is 1.00. The van der Waals surface area contributed by atoms with Crippen molar-refractivity contribution in [3.63, 3.8) is 0 Å². The van der Waals surface area contributed by atoms with E-state index >= 15 is 0 Å². The molecule has 3 heteroatoms. The van der Waals surface area contributed by atoms with E-state index in [0.717, 1.165) is 11.3 Å². The monoisotopic (exact) mass is 199 g/mol. The lowest BCUT2D eigenvalue weighted by atomic mass is 10.3. The highest BCUT2D eigenvalue weighted by Gasteiger charge is 2.05. The van der Waals surface area contributed by atoms with Gasteiger partial charge in [0, 0.05) is 16.7 Å². The minimum atomic E-state index is -0.190. The molecule has 0 heterocycles. The van der Waals surface area contributed by atoms with Crippen LogP contribution in [0.1, 0.15) is 13.3 Å². The van der Waals surface area contributed by atoms with Crippen LogP contribution in [0.5, 0.6) is 0 Å². The molecule has 0 bridgehead atoms. The van der Waals surface area contributed by atoms with E-state index < -0.39 is 0 Å². The minimum Gasteiger partial charge on any atom is -0.329 e. The van der Waals surface area contributed by atoms with Crippen molar-refractivity contribution >= 4 is 11.8 Å². The molecule has 72 valence electrons. The van der Waals surface area contributed by atoms with Gasteiger partial charge < -0.3 is 5.73 Å². The summed E-state index contributed by atoms with van der Waals surface area (Å²) in [4.78, 5) is 1.08. The SMILES string of the molecule is CCC(CN)Sc1ccc(F)cc1. The van der Waals surface area contributed by atoms with Crippen molar-refractivity contribution in [2.24, 2.45) is 5.73 Å². The Kier molecular flexibility index (Phi) is 4.25. The summed E-state index contributed by atoms with van der Waals surface area (Å²) in [5.74, 6) is -0.190. The average Bonchev–Trinajstić information content (AvgIpc) is 2.17. The van der Waals surface area contributed by atoms with Crippen molar-refractivity contribution in [3.8, 4) is 0 Å². The van der Waals surface area contributed by atoms with Crippen LogP contribution in [0.2, 0.25) is 0 Å². The Bertz CT molecular complexity index is 244. The third kappa shape index (κ3) is 3.36. The Morgan fingerprint density at radius 3 is 2.46 bits per heavy atom. The zero-order valence-electron chi connectivity index (χ0n) is 7.66. The Morgan fingerprint density at radius 2 is 2.00 bits per heavy atom. The van der Waals surface area contributed by atoms with Crippen LogP contribution in [0.3, 0.4) is 0 Å². The molecule has 0 radical (unpaired) electrons. The van der Waals surface area contributed by atoms with Crippen LogP contribution in [0, 0.1) is 5.82 Å². The number of benzene rings is 1. The molecule has 2 N–H and O–H groups in total. The van der Waals surface area contributed by atoms with Crippen LogP contribution in [-0.4, -0.2) is 11.8 Å². The van der Waals surface area contributed by atoms with Crippen molar-refractivity contribution in [3.05, 3.63) is 30.1 Å². The van der Waals surface area contributed by atoms with Crippen LogP contribution >= 0.6 is 11.8 Å². The maximum Gasteiger partial charge on any atom is 0.123 e. The van der Waals surface area contributed by atoms with E-state index in [4.69, 9.17) is 5.73 Å². The Morgan fingerprint density at radius 1 is 1.38 bits per heavy atom. The van der Waals surface area contributed by atoms with E-state index in [0.29, 0.717) is 11.8 Å². The van der Waals surface area contributed by atoms with Gasteiger partial charge in [-0.15, -0.1) is 11.8 Å². The second kappa shape index (κ2) is 5.25. The molecule has 0 aliphatic heterocycles. The summed E-state index contributed by atoms with van der Waals surface area (Å²) in [5.41, 5.74) is 5.57. The maximum atomic E-state index is 12.6. The highest BCUT2D eigenvalue weighted by atomic mass is 32.2. The van der Waals surface area contributed by atoms with Gasteiger partial charge in [0.1, 0.15) is 5.82 Å². The van der Waals surface area contributed by atoms with E-state index in [2.05, 4.69) is 6.92 Å². The molecule has 1 aromatic rings. The topological polar surface area (TPSA) is 26.0 Å². The van der Waals surface area contributed by atoms with Crippen molar-refractivity contribution in [2.75, 3.05) is 6.54 Å². The van der Waals surface area contributed by atoms with Crippen LogP contribution in [0.15, 0.2) is 29.2 Å². The molecule has 0 amide bonds. The summed E-state index contributed by atoms with van der Waals surface area (Å²) in [6.45, 7) is 2.77. The maximum absolute atomic E-state index is 12.6. The van der Waals surface area contributed by atoms with Crippen molar-refractivity contribution in [2.45, 2.75) is 23.5 Å². The van der Waals surface area contributed by atoms with Crippen molar-refractivity contribution in [1.82, 2.24) is 0 Å². The summed E-state index contributed by atoms with van der Waals surface area (Å²) < 4.78 is 12.6. The summed E-state index contributed by atoms with van der Waals surface area (Å²) in [7, 11) is 0. The predicted octanol–water partition coefficient (Wildman–Crippen LogP) is 2.66. The molecule has 0 spiro atoms. The second-order valence-electron chi connectivity index (χ2n) is 2.84. The highest BCUT2D eigenvalue weighted by Crippen LogP contribution is 2.24. The highest BCUT2D eigenvalue weighted by molar-refractivity contribution is 8.00. The summed E-state index contributed by atoms with van der Waals surface area (Å²) >= 11 is 1.71. The van der Waals surface area contributed by atoms with Crippen LogP contribution < -0.4 is 5.73 Å². The molecule has 13 heavy (non-hydrogen) atoms. The second-order valence-corrected chi connectivity index (χ2v) is 4.21. The van der Waals surface area contributed by atoms with Gasteiger partial charge in [-0.3, -0.25) is 0 Å².